The molecule has 6 heteroatoms. The predicted octanol–water partition coefficient (Wildman–Crippen LogP) is 2.05. The fourth-order valence-corrected chi connectivity index (χ4v) is 3.65. The number of hydroxylamine groups is 2. The number of imide groups is 1. The maximum atomic E-state index is 11.5. The van der Waals surface area contributed by atoms with Crippen molar-refractivity contribution < 1.29 is 19.2 Å². The molecule has 0 aliphatic carbocycles. The summed E-state index contributed by atoms with van der Waals surface area (Å²) < 4.78 is 0. The smallest absolute Gasteiger partial charge is 0.330 e. The van der Waals surface area contributed by atoms with E-state index in [9.17, 15) is 14.4 Å². The van der Waals surface area contributed by atoms with Gasteiger partial charge in [-0.25, -0.2) is 4.79 Å². The van der Waals surface area contributed by atoms with E-state index < -0.39 is 17.8 Å². The van der Waals surface area contributed by atoms with Crippen LogP contribution in [0.25, 0.3) is 0 Å². The highest BCUT2D eigenvalue weighted by Gasteiger charge is 2.32. The van der Waals surface area contributed by atoms with E-state index in [-0.39, 0.29) is 19.3 Å². The van der Waals surface area contributed by atoms with E-state index in [2.05, 4.69) is 0 Å². The molecule has 5 nitrogen and oxygen atoms in total. The summed E-state index contributed by atoms with van der Waals surface area (Å²) in [6.45, 7) is 0. The Labute approximate surface area is 117 Å². The molecule has 19 heavy (non-hydrogen) atoms. The lowest BCUT2D eigenvalue weighted by Crippen LogP contribution is -2.31. The van der Waals surface area contributed by atoms with Crippen molar-refractivity contribution in [2.75, 3.05) is 5.75 Å². The Morgan fingerprint density at radius 3 is 2.63 bits per heavy atom. The highest BCUT2D eigenvalue weighted by Crippen LogP contribution is 2.30. The van der Waals surface area contributed by atoms with Gasteiger partial charge in [0, 0.05) is 24.5 Å². The van der Waals surface area contributed by atoms with E-state index >= 15 is 0 Å². The molecule has 0 N–H and O–H groups in total. The molecule has 2 saturated heterocycles. The van der Waals surface area contributed by atoms with E-state index in [0.717, 1.165) is 24.5 Å². The van der Waals surface area contributed by atoms with Gasteiger partial charge in [0.05, 0.1) is 0 Å². The quantitative estimate of drug-likeness (QED) is 0.552. The molecule has 0 bridgehead atoms. The highest BCUT2D eigenvalue weighted by atomic mass is 32.2. The fraction of sp³-hybridized carbons (Fsp3) is 0.769. The van der Waals surface area contributed by atoms with E-state index in [1.165, 1.54) is 18.6 Å². The third kappa shape index (κ3) is 4.23. The first-order chi connectivity index (χ1) is 9.16. The molecule has 106 valence electrons. The minimum atomic E-state index is -0.484. The van der Waals surface area contributed by atoms with Gasteiger partial charge in [-0.3, -0.25) is 9.59 Å². The summed E-state index contributed by atoms with van der Waals surface area (Å²) in [5.41, 5.74) is 0. The van der Waals surface area contributed by atoms with E-state index in [0.29, 0.717) is 5.06 Å². The second kappa shape index (κ2) is 6.93. The van der Waals surface area contributed by atoms with Gasteiger partial charge in [-0.2, -0.15) is 11.8 Å². The molecule has 2 fully saturated rings. The van der Waals surface area contributed by atoms with Gasteiger partial charge in [-0.15, -0.1) is 5.06 Å². The van der Waals surface area contributed by atoms with Crippen LogP contribution in [-0.4, -0.2) is 33.8 Å². The average molecular weight is 285 g/mol. The molecule has 0 aromatic carbocycles. The molecule has 2 heterocycles. The van der Waals surface area contributed by atoms with Crippen molar-refractivity contribution in [1.82, 2.24) is 5.06 Å². The summed E-state index contributed by atoms with van der Waals surface area (Å²) in [5.74, 6) is -0.0598. The number of unbranched alkanes of at least 4 members (excludes halogenated alkanes) is 1. The lowest BCUT2D eigenvalue weighted by molar-refractivity contribution is -0.197. The van der Waals surface area contributed by atoms with Crippen LogP contribution in [0.4, 0.5) is 0 Å². The number of rotatable bonds is 6. The zero-order valence-electron chi connectivity index (χ0n) is 10.9. The third-order valence-electron chi connectivity index (χ3n) is 3.38. The first-order valence-electron chi connectivity index (χ1n) is 6.85. The normalized spacial score (nSPS) is 23.2. The van der Waals surface area contributed by atoms with Gasteiger partial charge in [0.1, 0.15) is 0 Å². The minimum absolute atomic E-state index is 0.144. The monoisotopic (exact) mass is 285 g/mol. The third-order valence-corrected chi connectivity index (χ3v) is 4.85. The van der Waals surface area contributed by atoms with Crippen molar-refractivity contribution in [2.24, 2.45) is 0 Å². The number of carbonyl (C=O) groups is 3. The van der Waals surface area contributed by atoms with Crippen molar-refractivity contribution in [3.05, 3.63) is 0 Å². The van der Waals surface area contributed by atoms with Crippen LogP contribution in [-0.2, 0) is 19.2 Å². The summed E-state index contributed by atoms with van der Waals surface area (Å²) in [6.07, 6.45) is 6.03. The number of hydrogen-bond donors (Lipinski definition) is 0. The first kappa shape index (κ1) is 14.4. The second-order valence-corrected chi connectivity index (χ2v) is 6.33. The van der Waals surface area contributed by atoms with Crippen molar-refractivity contribution >= 4 is 29.5 Å². The second-order valence-electron chi connectivity index (χ2n) is 4.93. The molecule has 1 atom stereocenters. The van der Waals surface area contributed by atoms with Gasteiger partial charge in [0.2, 0.25) is 0 Å². The summed E-state index contributed by atoms with van der Waals surface area (Å²) in [5, 5.41) is 1.37. The van der Waals surface area contributed by atoms with Crippen LogP contribution in [0, 0.1) is 0 Å². The zero-order valence-corrected chi connectivity index (χ0v) is 11.7. The van der Waals surface area contributed by atoms with Crippen molar-refractivity contribution in [3.63, 3.8) is 0 Å². The maximum Gasteiger partial charge on any atom is 0.333 e. The fourth-order valence-electron chi connectivity index (χ4n) is 2.32. The van der Waals surface area contributed by atoms with E-state index in [1.54, 1.807) is 0 Å². The molecule has 0 radical (unpaired) electrons. The van der Waals surface area contributed by atoms with Gasteiger partial charge in [0.15, 0.2) is 0 Å². The Bertz CT molecular complexity index is 350. The zero-order chi connectivity index (χ0) is 13.7. The minimum Gasteiger partial charge on any atom is -0.330 e. The lowest BCUT2D eigenvalue weighted by Gasteiger charge is -2.12. The molecule has 0 saturated carbocycles. The maximum absolute atomic E-state index is 11.5. The van der Waals surface area contributed by atoms with Crippen LogP contribution in [0.1, 0.15) is 51.4 Å². The van der Waals surface area contributed by atoms with Crippen molar-refractivity contribution in [3.8, 4) is 0 Å². The van der Waals surface area contributed by atoms with E-state index in [1.807, 2.05) is 11.8 Å². The van der Waals surface area contributed by atoms with E-state index in [4.69, 9.17) is 4.84 Å². The summed E-state index contributed by atoms with van der Waals surface area (Å²) in [7, 11) is 0. The standard InChI is InChI=1S/C13H19NO4S/c15-11-7-8-12(16)14(11)18-13(17)6-2-1-4-10-5-3-9-19-10/h10H,1-9H2/t10-/m0/s1. The van der Waals surface area contributed by atoms with Gasteiger partial charge < -0.3 is 4.84 Å². The molecule has 0 aromatic rings. The van der Waals surface area contributed by atoms with Crippen LogP contribution in [0.5, 0.6) is 0 Å². The van der Waals surface area contributed by atoms with Crippen LogP contribution >= 0.6 is 11.8 Å². The number of amides is 2. The molecular weight excluding hydrogens is 266 g/mol. The van der Waals surface area contributed by atoms with Gasteiger partial charge in [0.25, 0.3) is 11.8 Å². The number of thioether (sulfide) groups is 1. The summed E-state index contributed by atoms with van der Waals surface area (Å²) in [4.78, 5) is 38.8. The number of nitrogens with zero attached hydrogens (tertiary/aromatic N) is 1. The lowest BCUT2D eigenvalue weighted by atomic mass is 10.1. The number of hydrogen-bond acceptors (Lipinski definition) is 5. The van der Waals surface area contributed by atoms with Crippen LogP contribution in [0.15, 0.2) is 0 Å². The number of carbonyl (C=O) groups excluding carboxylic acids is 3. The Balaban J connectivity index is 1.59. The Kier molecular flexibility index (Phi) is 5.24. The molecule has 0 spiro atoms. The van der Waals surface area contributed by atoms with Crippen LogP contribution in [0.3, 0.4) is 0 Å². The van der Waals surface area contributed by atoms with Gasteiger partial charge in [-0.1, -0.05) is 6.42 Å². The Hall–Kier alpha value is -1.04. The Morgan fingerprint density at radius 1 is 1.26 bits per heavy atom. The SMILES string of the molecule is O=C(CCCC[C@H]1CCCS1)ON1C(=O)CCC1=O. The first-order valence-corrected chi connectivity index (χ1v) is 7.90. The largest absolute Gasteiger partial charge is 0.333 e. The van der Waals surface area contributed by atoms with Crippen molar-refractivity contribution in [2.45, 2.75) is 56.6 Å². The van der Waals surface area contributed by atoms with Crippen LogP contribution in [0.2, 0.25) is 0 Å². The molecular formula is C13H19NO4S. The molecule has 0 aromatic heterocycles. The summed E-state index contributed by atoms with van der Waals surface area (Å²) >= 11 is 2.01. The molecule has 2 amide bonds. The summed E-state index contributed by atoms with van der Waals surface area (Å²) in [6, 6.07) is 0. The van der Waals surface area contributed by atoms with Crippen LogP contribution < -0.4 is 0 Å². The molecule has 2 aliphatic heterocycles. The highest BCUT2D eigenvalue weighted by molar-refractivity contribution is 8.00. The Morgan fingerprint density at radius 2 is 2.00 bits per heavy atom. The molecule has 2 rings (SSSR count). The van der Waals surface area contributed by atoms with Crippen molar-refractivity contribution in [1.29, 1.82) is 0 Å². The predicted molar refractivity (Wildman–Crippen MR) is 71.1 cm³/mol. The van der Waals surface area contributed by atoms with Gasteiger partial charge in [-0.05, 0) is 31.4 Å². The van der Waals surface area contributed by atoms with Gasteiger partial charge >= 0.3 is 5.97 Å². The average Bonchev–Trinajstić information content (AvgIpc) is 3.00. The molecule has 2 aliphatic rings. The topological polar surface area (TPSA) is 63.7 Å². The molecule has 0 unspecified atom stereocenters.